The highest BCUT2D eigenvalue weighted by Crippen LogP contribution is 2.22. The summed E-state index contributed by atoms with van der Waals surface area (Å²) in [5.41, 5.74) is 0. The normalized spacial score (nSPS) is 34.1. The molecular weight excluding hydrogens is 196 g/mol. The molecular formula is C14H28N2. The molecule has 94 valence electrons. The zero-order valence-corrected chi connectivity index (χ0v) is 11.0. The lowest BCUT2D eigenvalue weighted by Gasteiger charge is -2.38. The van der Waals surface area contributed by atoms with Crippen LogP contribution in [0.1, 0.15) is 46.0 Å². The Labute approximate surface area is 101 Å². The first-order chi connectivity index (χ1) is 7.79. The first-order valence-corrected chi connectivity index (χ1v) is 7.25. The highest BCUT2D eigenvalue weighted by Gasteiger charge is 2.25. The van der Waals surface area contributed by atoms with Crippen molar-refractivity contribution in [1.82, 2.24) is 10.2 Å². The molecule has 2 fully saturated rings. The van der Waals surface area contributed by atoms with Gasteiger partial charge in [-0.15, -0.1) is 0 Å². The van der Waals surface area contributed by atoms with Crippen LogP contribution in [0.2, 0.25) is 0 Å². The first kappa shape index (κ1) is 12.4. The summed E-state index contributed by atoms with van der Waals surface area (Å²) >= 11 is 0. The van der Waals surface area contributed by atoms with Gasteiger partial charge in [-0.05, 0) is 57.2 Å². The molecule has 2 atom stereocenters. The third-order valence-corrected chi connectivity index (χ3v) is 4.67. The van der Waals surface area contributed by atoms with E-state index in [0.29, 0.717) is 0 Å². The van der Waals surface area contributed by atoms with Crippen molar-refractivity contribution in [2.24, 2.45) is 11.8 Å². The van der Waals surface area contributed by atoms with Crippen molar-refractivity contribution >= 4 is 0 Å². The summed E-state index contributed by atoms with van der Waals surface area (Å²) in [4.78, 5) is 2.69. The van der Waals surface area contributed by atoms with Gasteiger partial charge in [-0.3, -0.25) is 0 Å². The van der Waals surface area contributed by atoms with Crippen molar-refractivity contribution in [2.45, 2.75) is 52.0 Å². The number of nitrogens with zero attached hydrogens (tertiary/aromatic N) is 1. The van der Waals surface area contributed by atoms with Crippen LogP contribution >= 0.6 is 0 Å². The van der Waals surface area contributed by atoms with Crippen LogP contribution in [-0.4, -0.2) is 37.1 Å². The summed E-state index contributed by atoms with van der Waals surface area (Å²) in [7, 11) is 0. The van der Waals surface area contributed by atoms with E-state index in [-0.39, 0.29) is 0 Å². The van der Waals surface area contributed by atoms with Gasteiger partial charge in [0, 0.05) is 12.6 Å². The maximum Gasteiger partial charge on any atom is 0.0220 e. The van der Waals surface area contributed by atoms with Crippen LogP contribution in [0.3, 0.4) is 0 Å². The first-order valence-electron chi connectivity index (χ1n) is 7.25. The molecule has 0 saturated carbocycles. The Hall–Kier alpha value is -0.0800. The molecule has 0 bridgehead atoms. The smallest absolute Gasteiger partial charge is 0.0220 e. The molecule has 2 heteroatoms. The number of hydrogen-bond acceptors (Lipinski definition) is 2. The molecule has 2 saturated heterocycles. The monoisotopic (exact) mass is 224 g/mol. The maximum atomic E-state index is 3.70. The molecule has 0 amide bonds. The second-order valence-electron chi connectivity index (χ2n) is 5.83. The number of nitrogens with one attached hydrogen (secondary N) is 1. The maximum absolute atomic E-state index is 3.70. The molecule has 2 unspecified atom stereocenters. The van der Waals surface area contributed by atoms with Crippen LogP contribution in [0.25, 0.3) is 0 Å². The third kappa shape index (κ3) is 3.21. The van der Waals surface area contributed by atoms with Gasteiger partial charge in [0.2, 0.25) is 0 Å². The SMILES string of the molecule is CCC1CCN(CC2NCCCC2C)CC1. The Morgan fingerprint density at radius 2 is 1.94 bits per heavy atom. The van der Waals surface area contributed by atoms with Crippen molar-refractivity contribution in [3.8, 4) is 0 Å². The molecule has 2 aliphatic heterocycles. The lowest BCUT2D eigenvalue weighted by molar-refractivity contribution is 0.142. The molecule has 0 aromatic rings. The Morgan fingerprint density at radius 1 is 1.19 bits per heavy atom. The van der Waals surface area contributed by atoms with Crippen molar-refractivity contribution < 1.29 is 0 Å². The van der Waals surface area contributed by atoms with Crippen molar-refractivity contribution in [3.05, 3.63) is 0 Å². The fourth-order valence-corrected chi connectivity index (χ4v) is 3.21. The van der Waals surface area contributed by atoms with Crippen molar-refractivity contribution in [1.29, 1.82) is 0 Å². The second kappa shape index (κ2) is 6.02. The lowest BCUT2D eigenvalue weighted by atomic mass is 9.90. The fourth-order valence-electron chi connectivity index (χ4n) is 3.21. The van der Waals surface area contributed by atoms with Gasteiger partial charge in [0.25, 0.3) is 0 Å². The van der Waals surface area contributed by atoms with E-state index in [1.54, 1.807) is 0 Å². The summed E-state index contributed by atoms with van der Waals surface area (Å²) in [6, 6.07) is 0.756. The molecule has 0 spiro atoms. The zero-order chi connectivity index (χ0) is 11.4. The summed E-state index contributed by atoms with van der Waals surface area (Å²) in [6.07, 6.45) is 7.03. The molecule has 0 radical (unpaired) electrons. The fraction of sp³-hybridized carbons (Fsp3) is 1.00. The summed E-state index contributed by atoms with van der Waals surface area (Å²) in [6.45, 7) is 9.95. The van der Waals surface area contributed by atoms with Gasteiger partial charge in [0.1, 0.15) is 0 Å². The topological polar surface area (TPSA) is 15.3 Å². The third-order valence-electron chi connectivity index (χ3n) is 4.67. The van der Waals surface area contributed by atoms with E-state index in [2.05, 4.69) is 24.1 Å². The minimum atomic E-state index is 0.756. The average Bonchev–Trinajstić information content (AvgIpc) is 2.33. The molecule has 2 nitrogen and oxygen atoms in total. The van der Waals surface area contributed by atoms with Gasteiger partial charge in [-0.2, -0.15) is 0 Å². The summed E-state index contributed by atoms with van der Waals surface area (Å²) in [5, 5.41) is 3.70. The van der Waals surface area contributed by atoms with Crippen LogP contribution < -0.4 is 5.32 Å². The molecule has 1 N–H and O–H groups in total. The molecule has 2 heterocycles. The van der Waals surface area contributed by atoms with Gasteiger partial charge < -0.3 is 10.2 Å². The van der Waals surface area contributed by atoms with E-state index in [9.17, 15) is 0 Å². The minimum Gasteiger partial charge on any atom is -0.312 e. The lowest BCUT2D eigenvalue weighted by Crippen LogP contribution is -2.49. The van der Waals surface area contributed by atoms with E-state index >= 15 is 0 Å². The standard InChI is InChI=1S/C14H28N2/c1-3-13-6-9-16(10-7-13)11-14-12(2)5-4-8-15-14/h12-15H,3-11H2,1-2H3. The van der Waals surface area contributed by atoms with Gasteiger partial charge in [-0.25, -0.2) is 0 Å². The summed E-state index contributed by atoms with van der Waals surface area (Å²) < 4.78 is 0. The minimum absolute atomic E-state index is 0.756. The van der Waals surface area contributed by atoms with E-state index in [4.69, 9.17) is 0 Å². The molecule has 2 aliphatic rings. The van der Waals surface area contributed by atoms with Crippen LogP contribution in [0, 0.1) is 11.8 Å². The highest BCUT2D eigenvalue weighted by molar-refractivity contribution is 4.83. The molecule has 0 aromatic heterocycles. The van der Waals surface area contributed by atoms with E-state index in [0.717, 1.165) is 17.9 Å². The van der Waals surface area contributed by atoms with E-state index < -0.39 is 0 Å². The Morgan fingerprint density at radius 3 is 2.56 bits per heavy atom. The van der Waals surface area contributed by atoms with Crippen LogP contribution in [0.4, 0.5) is 0 Å². The van der Waals surface area contributed by atoms with Gasteiger partial charge in [-0.1, -0.05) is 20.3 Å². The second-order valence-corrected chi connectivity index (χ2v) is 5.83. The van der Waals surface area contributed by atoms with Crippen molar-refractivity contribution in [3.63, 3.8) is 0 Å². The van der Waals surface area contributed by atoms with Gasteiger partial charge in [0.15, 0.2) is 0 Å². The summed E-state index contributed by atoms with van der Waals surface area (Å²) in [5.74, 6) is 1.88. The number of piperidine rings is 2. The molecule has 0 aliphatic carbocycles. The number of rotatable bonds is 3. The number of likely N-dealkylation sites (tertiary alicyclic amines) is 1. The van der Waals surface area contributed by atoms with E-state index in [1.807, 2.05) is 0 Å². The highest BCUT2D eigenvalue weighted by atomic mass is 15.2. The average molecular weight is 224 g/mol. The Balaban J connectivity index is 1.73. The Bertz CT molecular complexity index is 197. The molecule has 0 aromatic carbocycles. The predicted octanol–water partition coefficient (Wildman–Crippen LogP) is 2.50. The quantitative estimate of drug-likeness (QED) is 0.792. The van der Waals surface area contributed by atoms with Gasteiger partial charge in [0.05, 0.1) is 0 Å². The van der Waals surface area contributed by atoms with Crippen LogP contribution in [0.5, 0.6) is 0 Å². The van der Waals surface area contributed by atoms with Crippen LogP contribution in [0.15, 0.2) is 0 Å². The Kier molecular flexibility index (Phi) is 4.66. The van der Waals surface area contributed by atoms with Crippen LogP contribution in [-0.2, 0) is 0 Å². The van der Waals surface area contributed by atoms with Gasteiger partial charge >= 0.3 is 0 Å². The largest absolute Gasteiger partial charge is 0.312 e. The van der Waals surface area contributed by atoms with Crippen molar-refractivity contribution in [2.75, 3.05) is 26.2 Å². The molecule has 16 heavy (non-hydrogen) atoms. The van der Waals surface area contributed by atoms with E-state index in [1.165, 1.54) is 58.3 Å². The molecule has 2 rings (SSSR count). The predicted molar refractivity (Wildman–Crippen MR) is 69.6 cm³/mol. The zero-order valence-electron chi connectivity index (χ0n) is 11.0. The number of hydrogen-bond donors (Lipinski definition) is 1.